The molecule has 1 aliphatic heterocycles. The van der Waals surface area contributed by atoms with Crippen LogP contribution in [0.5, 0.6) is 0 Å². The van der Waals surface area contributed by atoms with Gasteiger partial charge in [0.05, 0.1) is 5.69 Å². The maximum atomic E-state index is 13.0. The number of amides is 1. The van der Waals surface area contributed by atoms with E-state index in [9.17, 15) is 9.59 Å². The lowest BCUT2D eigenvalue weighted by Gasteiger charge is -2.39. The molecule has 0 spiro atoms. The van der Waals surface area contributed by atoms with Gasteiger partial charge >= 0.3 is 5.97 Å². The van der Waals surface area contributed by atoms with Crippen molar-refractivity contribution in [2.24, 2.45) is 10.8 Å². The van der Waals surface area contributed by atoms with Gasteiger partial charge in [0.25, 0.3) is 11.7 Å². The van der Waals surface area contributed by atoms with Crippen LogP contribution in [-0.4, -0.2) is 50.7 Å². The van der Waals surface area contributed by atoms with Crippen molar-refractivity contribution in [2.75, 3.05) is 13.2 Å². The molecule has 0 radical (unpaired) electrons. The molecule has 1 saturated carbocycles. The van der Waals surface area contributed by atoms with Gasteiger partial charge in [-0.2, -0.15) is 0 Å². The lowest BCUT2D eigenvalue weighted by atomic mass is 9.65. The quantitative estimate of drug-likeness (QED) is 0.526. The van der Waals surface area contributed by atoms with Crippen LogP contribution >= 0.6 is 0 Å². The van der Waals surface area contributed by atoms with Crippen LogP contribution in [0.2, 0.25) is 0 Å². The molecule has 1 saturated heterocycles. The van der Waals surface area contributed by atoms with E-state index in [2.05, 4.69) is 30.9 Å². The molecule has 34 heavy (non-hydrogen) atoms. The smallest absolute Gasteiger partial charge is 0.378 e. The summed E-state index contributed by atoms with van der Waals surface area (Å²) in [6.45, 7) is 7.21. The van der Waals surface area contributed by atoms with E-state index in [-0.39, 0.29) is 35.2 Å². The van der Waals surface area contributed by atoms with Crippen LogP contribution in [0.4, 0.5) is 0 Å². The largest absolute Gasteiger partial charge is 0.450 e. The molecule has 0 N–H and O–H groups in total. The lowest BCUT2D eigenvalue weighted by Crippen LogP contribution is -2.39. The van der Waals surface area contributed by atoms with Gasteiger partial charge in [0.15, 0.2) is 12.4 Å². The third-order valence-electron chi connectivity index (χ3n) is 6.88. The summed E-state index contributed by atoms with van der Waals surface area (Å²) in [5.74, 6) is -0.378. The fraction of sp³-hybridized carbons (Fsp3) is 0.407. The van der Waals surface area contributed by atoms with Crippen LogP contribution in [0.1, 0.15) is 50.7 Å². The van der Waals surface area contributed by atoms with E-state index < -0.39 is 5.97 Å². The first-order valence-electron chi connectivity index (χ1n) is 11.8. The topological polar surface area (TPSA) is 77.3 Å². The Balaban J connectivity index is 1.33. The first-order valence-corrected chi connectivity index (χ1v) is 11.8. The third kappa shape index (κ3) is 4.34. The number of likely N-dealkylation sites (tertiary alicyclic amines) is 1. The van der Waals surface area contributed by atoms with E-state index in [0.717, 1.165) is 37.1 Å². The van der Waals surface area contributed by atoms with Crippen molar-refractivity contribution in [3.8, 4) is 17.1 Å². The molecule has 2 bridgehead atoms. The van der Waals surface area contributed by atoms with Gasteiger partial charge in [0.1, 0.15) is 0 Å². The predicted octanol–water partition coefficient (Wildman–Crippen LogP) is 4.52. The zero-order chi connectivity index (χ0) is 23.9. The maximum Gasteiger partial charge on any atom is 0.378 e. The maximum absolute atomic E-state index is 13.0. The molecule has 2 aliphatic rings. The number of hydrogen-bond donors (Lipinski definition) is 0. The zero-order valence-electron chi connectivity index (χ0n) is 19.9. The number of benzene rings is 2. The fourth-order valence-corrected chi connectivity index (χ4v) is 5.95. The first kappa shape index (κ1) is 22.3. The monoisotopic (exact) mass is 458 g/mol. The highest BCUT2D eigenvalue weighted by Crippen LogP contribution is 2.52. The van der Waals surface area contributed by atoms with Crippen LogP contribution in [0.25, 0.3) is 17.1 Å². The van der Waals surface area contributed by atoms with Crippen molar-refractivity contribution in [3.05, 3.63) is 66.5 Å². The van der Waals surface area contributed by atoms with Crippen molar-refractivity contribution in [3.63, 3.8) is 0 Å². The molecule has 2 aromatic carbocycles. The molecule has 1 amide bonds. The second kappa shape index (κ2) is 8.38. The van der Waals surface area contributed by atoms with Gasteiger partial charge in [-0.1, -0.05) is 69.3 Å². The number of ether oxygens (including phenoxy) is 1. The molecule has 0 unspecified atom stereocenters. The Labute approximate surface area is 199 Å². The highest BCUT2D eigenvalue weighted by atomic mass is 16.5. The summed E-state index contributed by atoms with van der Waals surface area (Å²) >= 11 is 0. The van der Waals surface area contributed by atoms with Gasteiger partial charge in [0, 0.05) is 18.2 Å². The van der Waals surface area contributed by atoms with Crippen molar-refractivity contribution >= 4 is 11.9 Å². The van der Waals surface area contributed by atoms with E-state index in [1.54, 1.807) is 4.68 Å². The van der Waals surface area contributed by atoms with Crippen LogP contribution in [0.15, 0.2) is 60.7 Å². The Morgan fingerprint density at radius 1 is 1.00 bits per heavy atom. The molecule has 1 aromatic heterocycles. The second-order valence-corrected chi connectivity index (χ2v) is 10.7. The summed E-state index contributed by atoms with van der Waals surface area (Å²) in [4.78, 5) is 32.2. The summed E-state index contributed by atoms with van der Waals surface area (Å²) in [6, 6.07) is 19.3. The Morgan fingerprint density at radius 3 is 2.38 bits per heavy atom. The Hall–Kier alpha value is -3.48. The molecule has 176 valence electrons. The molecular weight excluding hydrogens is 428 g/mol. The van der Waals surface area contributed by atoms with Crippen molar-refractivity contribution in [1.29, 1.82) is 0 Å². The molecule has 2 heterocycles. The summed E-state index contributed by atoms with van der Waals surface area (Å²) in [6.07, 6.45) is 3.09. The number of rotatable bonds is 5. The Bertz CT molecular complexity index is 1150. The number of para-hydroxylation sites is 1. The Kier molecular flexibility index (Phi) is 5.50. The fourth-order valence-electron chi connectivity index (χ4n) is 5.95. The van der Waals surface area contributed by atoms with Gasteiger partial charge in [-0.25, -0.2) is 14.5 Å². The summed E-state index contributed by atoms with van der Waals surface area (Å²) in [5, 5.41) is 4.42. The van der Waals surface area contributed by atoms with Crippen LogP contribution in [0.3, 0.4) is 0 Å². The lowest BCUT2D eigenvalue weighted by molar-refractivity contribution is -0.135. The van der Waals surface area contributed by atoms with Gasteiger partial charge < -0.3 is 9.64 Å². The van der Waals surface area contributed by atoms with Crippen LogP contribution < -0.4 is 0 Å². The molecule has 2 atom stereocenters. The molecule has 7 heteroatoms. The minimum atomic E-state index is -0.700. The van der Waals surface area contributed by atoms with Crippen molar-refractivity contribution in [2.45, 2.75) is 46.1 Å². The van der Waals surface area contributed by atoms with Crippen molar-refractivity contribution in [1.82, 2.24) is 19.7 Å². The molecular formula is C27H30N4O3. The summed E-state index contributed by atoms with van der Waals surface area (Å²) in [5.41, 5.74) is 1.95. The molecule has 3 aromatic rings. The average Bonchev–Trinajstić information content (AvgIpc) is 3.36. The SMILES string of the molecule is CC1(C)C[C@H]2C[C@@](C)(CN2C(=O)COC(=O)c2nc(-c3ccccc3)n(-c3ccccc3)n2)C1. The number of carbonyl (C=O) groups excluding carboxylic acids is 2. The molecule has 7 nitrogen and oxygen atoms in total. The summed E-state index contributed by atoms with van der Waals surface area (Å²) in [7, 11) is 0. The van der Waals surface area contributed by atoms with Crippen LogP contribution in [-0.2, 0) is 9.53 Å². The number of aromatic nitrogens is 3. The molecule has 1 aliphatic carbocycles. The van der Waals surface area contributed by atoms with Gasteiger partial charge in [0.2, 0.25) is 0 Å². The molecule has 5 rings (SSSR count). The van der Waals surface area contributed by atoms with E-state index >= 15 is 0 Å². The standard InChI is InChI=1S/C27H30N4O3/c1-26(2)14-21-15-27(3,17-26)18-30(21)22(32)16-34-25(33)23-28-24(19-10-6-4-7-11-19)31(29-23)20-12-8-5-9-13-20/h4-13,21H,14-18H2,1-3H3/t21-,27+/m0/s1. The number of nitrogens with zero attached hydrogens (tertiary/aromatic N) is 4. The second-order valence-electron chi connectivity index (χ2n) is 10.7. The summed E-state index contributed by atoms with van der Waals surface area (Å²) < 4.78 is 7.03. The van der Waals surface area contributed by atoms with Gasteiger partial charge in [-0.15, -0.1) is 5.10 Å². The minimum Gasteiger partial charge on any atom is -0.450 e. The van der Waals surface area contributed by atoms with Crippen LogP contribution in [0, 0.1) is 10.8 Å². The average molecular weight is 459 g/mol. The predicted molar refractivity (Wildman–Crippen MR) is 128 cm³/mol. The normalized spacial score (nSPS) is 23.0. The van der Waals surface area contributed by atoms with E-state index in [4.69, 9.17) is 4.74 Å². The highest BCUT2D eigenvalue weighted by molar-refractivity contribution is 5.88. The van der Waals surface area contributed by atoms with E-state index in [0.29, 0.717) is 5.82 Å². The minimum absolute atomic E-state index is 0.0660. The number of carbonyl (C=O) groups is 2. The van der Waals surface area contributed by atoms with E-state index in [1.807, 2.05) is 65.6 Å². The number of hydrogen-bond acceptors (Lipinski definition) is 5. The van der Waals surface area contributed by atoms with Gasteiger partial charge in [-0.05, 0) is 42.2 Å². The third-order valence-corrected chi connectivity index (χ3v) is 6.88. The van der Waals surface area contributed by atoms with E-state index in [1.165, 1.54) is 0 Å². The highest BCUT2D eigenvalue weighted by Gasteiger charge is 2.51. The first-order chi connectivity index (χ1) is 16.2. The number of esters is 1. The number of fused-ring (bicyclic) bond motifs is 2. The zero-order valence-corrected chi connectivity index (χ0v) is 19.9. The van der Waals surface area contributed by atoms with Gasteiger partial charge in [-0.3, -0.25) is 4.79 Å². The molecule has 2 fully saturated rings. The van der Waals surface area contributed by atoms with Crippen molar-refractivity contribution < 1.29 is 14.3 Å². The Morgan fingerprint density at radius 2 is 1.68 bits per heavy atom.